The summed E-state index contributed by atoms with van der Waals surface area (Å²) in [7, 11) is 0. The number of hydrogen-bond acceptors (Lipinski definition) is 5. The minimum Gasteiger partial charge on any atom is -0.308 e. The first-order chi connectivity index (χ1) is 8.29. The van der Waals surface area contributed by atoms with Gasteiger partial charge in [0.15, 0.2) is 0 Å². The zero-order chi connectivity index (χ0) is 12.1. The summed E-state index contributed by atoms with van der Waals surface area (Å²) in [4.78, 5) is 1.36. The quantitative estimate of drug-likeness (QED) is 0.877. The van der Waals surface area contributed by atoms with Crippen LogP contribution in [-0.4, -0.2) is 15.3 Å². The van der Waals surface area contributed by atoms with Crippen LogP contribution in [0.5, 0.6) is 0 Å². The number of nitrogens with one attached hydrogen (secondary N) is 1. The molecule has 0 radical (unpaired) electrons. The van der Waals surface area contributed by atoms with E-state index < -0.39 is 0 Å². The van der Waals surface area contributed by atoms with Crippen LogP contribution in [0.2, 0.25) is 0 Å². The van der Waals surface area contributed by atoms with E-state index in [9.17, 15) is 0 Å². The van der Waals surface area contributed by atoms with E-state index in [1.54, 1.807) is 11.3 Å². The van der Waals surface area contributed by atoms with Crippen molar-refractivity contribution in [2.75, 3.05) is 6.54 Å². The zero-order valence-electron chi connectivity index (χ0n) is 9.52. The van der Waals surface area contributed by atoms with Crippen molar-refractivity contribution in [3.05, 3.63) is 32.7 Å². The van der Waals surface area contributed by atoms with Crippen LogP contribution < -0.4 is 5.32 Å². The summed E-state index contributed by atoms with van der Waals surface area (Å²) >= 11 is 6.54. The van der Waals surface area contributed by atoms with Crippen LogP contribution in [0.3, 0.4) is 0 Å². The predicted octanol–water partition coefficient (Wildman–Crippen LogP) is 3.65. The summed E-state index contributed by atoms with van der Waals surface area (Å²) in [5, 5.41) is 5.64. The lowest BCUT2D eigenvalue weighted by atomic mass is 10.1. The minimum absolute atomic E-state index is 0.277. The summed E-state index contributed by atoms with van der Waals surface area (Å²) in [6.07, 6.45) is 3.96. The van der Waals surface area contributed by atoms with Crippen molar-refractivity contribution in [2.24, 2.45) is 0 Å². The molecule has 0 amide bonds. The normalized spacial score (nSPS) is 12.8. The van der Waals surface area contributed by atoms with Crippen molar-refractivity contribution in [3.8, 4) is 0 Å². The molecule has 2 aromatic heterocycles. The Hall–Kier alpha value is -0.300. The Labute approximate surface area is 118 Å². The van der Waals surface area contributed by atoms with Gasteiger partial charge in [-0.2, -0.15) is 8.75 Å². The van der Waals surface area contributed by atoms with Gasteiger partial charge in [-0.15, -0.1) is 11.3 Å². The SMILES string of the molecule is CCCNC(Cc1cc(Br)cs1)c1cnsn1. The van der Waals surface area contributed by atoms with E-state index in [-0.39, 0.29) is 6.04 Å². The van der Waals surface area contributed by atoms with Crippen LogP contribution >= 0.6 is 39.0 Å². The van der Waals surface area contributed by atoms with Crippen LogP contribution in [0.1, 0.15) is 30.0 Å². The summed E-state index contributed by atoms with van der Waals surface area (Å²) in [5.74, 6) is 0. The second kappa shape index (κ2) is 6.58. The number of nitrogens with zero attached hydrogens (tertiary/aromatic N) is 2. The van der Waals surface area contributed by atoms with E-state index in [1.165, 1.54) is 16.6 Å². The van der Waals surface area contributed by atoms with Gasteiger partial charge < -0.3 is 5.32 Å². The van der Waals surface area contributed by atoms with Crippen LogP contribution in [0, 0.1) is 0 Å². The molecule has 6 heteroatoms. The molecule has 0 aliphatic carbocycles. The molecule has 0 fully saturated rings. The van der Waals surface area contributed by atoms with Gasteiger partial charge in [-0.25, -0.2) is 0 Å². The third kappa shape index (κ3) is 3.84. The van der Waals surface area contributed by atoms with Crippen LogP contribution in [-0.2, 0) is 6.42 Å². The molecule has 92 valence electrons. The third-order valence-electron chi connectivity index (χ3n) is 2.40. The molecule has 1 unspecified atom stereocenters. The van der Waals surface area contributed by atoms with E-state index in [0.29, 0.717) is 0 Å². The smallest absolute Gasteiger partial charge is 0.0915 e. The Balaban J connectivity index is 2.05. The van der Waals surface area contributed by atoms with Gasteiger partial charge in [0.25, 0.3) is 0 Å². The first-order valence-corrected chi connectivity index (χ1v) is 7.93. The molecule has 0 aliphatic heterocycles. The monoisotopic (exact) mass is 331 g/mol. The number of thiophene rings is 1. The molecular formula is C11H14BrN3S2. The molecule has 1 atom stereocenters. The molecule has 1 N–H and O–H groups in total. The molecule has 0 aromatic carbocycles. The molecule has 2 aromatic rings. The highest BCUT2D eigenvalue weighted by Gasteiger charge is 2.15. The molecule has 3 nitrogen and oxygen atoms in total. The fourth-order valence-corrected chi connectivity index (χ4v) is 3.56. The Morgan fingerprint density at radius 1 is 1.53 bits per heavy atom. The summed E-state index contributed by atoms with van der Waals surface area (Å²) in [5.41, 5.74) is 1.05. The Morgan fingerprint density at radius 2 is 2.41 bits per heavy atom. The lowest BCUT2D eigenvalue weighted by molar-refractivity contribution is 0.524. The largest absolute Gasteiger partial charge is 0.308 e. The molecule has 0 bridgehead atoms. The zero-order valence-corrected chi connectivity index (χ0v) is 12.7. The lowest BCUT2D eigenvalue weighted by Gasteiger charge is -2.14. The van der Waals surface area contributed by atoms with Crippen LogP contribution in [0.4, 0.5) is 0 Å². The Morgan fingerprint density at radius 3 is 3.00 bits per heavy atom. The highest BCUT2D eigenvalue weighted by Crippen LogP contribution is 2.25. The first-order valence-electron chi connectivity index (χ1n) is 5.53. The van der Waals surface area contributed by atoms with Crippen molar-refractivity contribution in [1.82, 2.24) is 14.1 Å². The maximum atomic E-state index is 4.33. The molecule has 0 aliphatic rings. The van der Waals surface area contributed by atoms with E-state index >= 15 is 0 Å². The van der Waals surface area contributed by atoms with Crippen LogP contribution in [0.25, 0.3) is 0 Å². The maximum absolute atomic E-state index is 4.33. The van der Waals surface area contributed by atoms with Gasteiger partial charge in [-0.3, -0.25) is 0 Å². The second-order valence-electron chi connectivity index (χ2n) is 3.77. The van der Waals surface area contributed by atoms with Gasteiger partial charge >= 0.3 is 0 Å². The van der Waals surface area contributed by atoms with Gasteiger partial charge in [0, 0.05) is 21.2 Å². The van der Waals surface area contributed by atoms with Crippen molar-refractivity contribution >= 4 is 39.0 Å². The maximum Gasteiger partial charge on any atom is 0.0915 e. The average Bonchev–Trinajstić information content (AvgIpc) is 2.95. The molecule has 2 rings (SSSR count). The number of hydrogen-bond donors (Lipinski definition) is 1. The Kier molecular flexibility index (Phi) is 5.09. The number of rotatable bonds is 6. The van der Waals surface area contributed by atoms with Gasteiger partial charge in [0.2, 0.25) is 0 Å². The van der Waals surface area contributed by atoms with E-state index in [2.05, 4.69) is 48.4 Å². The summed E-state index contributed by atoms with van der Waals surface area (Å²) in [6, 6.07) is 2.45. The van der Waals surface area contributed by atoms with Crippen molar-refractivity contribution < 1.29 is 0 Å². The van der Waals surface area contributed by atoms with Gasteiger partial charge in [0.1, 0.15) is 0 Å². The fourth-order valence-electron chi connectivity index (χ4n) is 1.59. The third-order valence-corrected chi connectivity index (χ3v) is 4.62. The molecule has 0 saturated carbocycles. The van der Waals surface area contributed by atoms with E-state index in [0.717, 1.165) is 29.6 Å². The van der Waals surface area contributed by atoms with Gasteiger partial charge in [-0.05, 0) is 35.0 Å². The van der Waals surface area contributed by atoms with Crippen molar-refractivity contribution in [3.63, 3.8) is 0 Å². The topological polar surface area (TPSA) is 37.8 Å². The first kappa shape index (κ1) is 13.1. The van der Waals surface area contributed by atoms with E-state index in [1.807, 2.05) is 6.20 Å². The van der Waals surface area contributed by atoms with Crippen molar-refractivity contribution in [2.45, 2.75) is 25.8 Å². The number of halogens is 1. The standard InChI is InChI=1S/C11H14BrN3S2/c1-2-3-13-10(11-6-14-17-15-11)5-9-4-8(12)7-16-9/h4,6-7,10,13H,2-3,5H2,1H3. The van der Waals surface area contributed by atoms with Crippen molar-refractivity contribution in [1.29, 1.82) is 0 Å². The lowest BCUT2D eigenvalue weighted by Crippen LogP contribution is -2.24. The predicted molar refractivity (Wildman–Crippen MR) is 76.7 cm³/mol. The molecule has 17 heavy (non-hydrogen) atoms. The fraction of sp³-hybridized carbons (Fsp3) is 0.455. The molecule has 0 saturated heterocycles. The highest BCUT2D eigenvalue weighted by atomic mass is 79.9. The van der Waals surface area contributed by atoms with Gasteiger partial charge in [-0.1, -0.05) is 6.92 Å². The molecule has 0 spiro atoms. The molecule has 2 heterocycles. The summed E-state index contributed by atoms with van der Waals surface area (Å²) < 4.78 is 9.57. The van der Waals surface area contributed by atoms with Crippen LogP contribution in [0.15, 0.2) is 22.1 Å². The average molecular weight is 332 g/mol. The Bertz CT molecular complexity index is 441. The summed E-state index contributed by atoms with van der Waals surface area (Å²) in [6.45, 7) is 3.18. The minimum atomic E-state index is 0.277. The van der Waals surface area contributed by atoms with Gasteiger partial charge in [0.05, 0.1) is 29.7 Å². The highest BCUT2D eigenvalue weighted by molar-refractivity contribution is 9.10. The second-order valence-corrected chi connectivity index (χ2v) is 6.24. The number of aromatic nitrogens is 2. The molecular weight excluding hydrogens is 318 g/mol. The van der Waals surface area contributed by atoms with E-state index in [4.69, 9.17) is 0 Å².